The highest BCUT2D eigenvalue weighted by Gasteiger charge is 2.23. The van der Waals surface area contributed by atoms with E-state index in [9.17, 15) is 5.11 Å². The molecular weight excluding hydrogens is 240 g/mol. The summed E-state index contributed by atoms with van der Waals surface area (Å²) >= 11 is 0. The highest BCUT2D eigenvalue weighted by Crippen LogP contribution is 2.23. The molecule has 0 aromatic heterocycles. The van der Waals surface area contributed by atoms with Crippen molar-refractivity contribution < 1.29 is 9.84 Å². The van der Waals surface area contributed by atoms with Gasteiger partial charge < -0.3 is 14.7 Å². The first-order valence-corrected chi connectivity index (χ1v) is 6.70. The molecule has 1 fully saturated rings. The number of rotatable bonds is 6. The highest BCUT2D eigenvalue weighted by molar-refractivity contribution is 5.34. The molecule has 0 radical (unpaired) electrons. The number of likely N-dealkylation sites (N-methyl/N-ethyl adjacent to an activating group) is 1. The van der Waals surface area contributed by atoms with Crippen molar-refractivity contribution in [3.63, 3.8) is 0 Å². The average molecular weight is 260 g/mol. The molecule has 2 rings (SSSR count). The van der Waals surface area contributed by atoms with E-state index in [2.05, 4.69) is 18.0 Å². The number of nitrogens with zero attached hydrogens (tertiary/aromatic N) is 2. The Morgan fingerprint density at radius 3 is 2.63 bits per heavy atom. The van der Waals surface area contributed by atoms with Crippen molar-refractivity contribution in [1.82, 2.24) is 4.90 Å². The van der Waals surface area contributed by atoms with Crippen LogP contribution < -0.4 is 4.74 Å². The third kappa shape index (κ3) is 3.95. The molecule has 1 unspecified atom stereocenters. The van der Waals surface area contributed by atoms with Crippen LogP contribution in [0, 0.1) is 11.3 Å². The van der Waals surface area contributed by atoms with E-state index < -0.39 is 6.10 Å². The Labute approximate surface area is 114 Å². The molecule has 4 heteroatoms. The molecule has 102 valence electrons. The molecule has 1 aromatic carbocycles. The van der Waals surface area contributed by atoms with Crippen LogP contribution in [0.15, 0.2) is 24.3 Å². The van der Waals surface area contributed by atoms with Crippen LogP contribution in [0.1, 0.15) is 24.8 Å². The molecule has 4 nitrogen and oxygen atoms in total. The van der Waals surface area contributed by atoms with E-state index in [0.29, 0.717) is 23.9 Å². The third-order valence-electron chi connectivity index (χ3n) is 3.62. The number of hydrogen-bond donors (Lipinski definition) is 1. The van der Waals surface area contributed by atoms with Crippen molar-refractivity contribution in [3.05, 3.63) is 29.8 Å². The molecule has 0 amide bonds. The summed E-state index contributed by atoms with van der Waals surface area (Å²) in [7, 11) is 2.05. The van der Waals surface area contributed by atoms with E-state index in [1.54, 1.807) is 24.3 Å². The maximum atomic E-state index is 9.93. The second-order valence-electron chi connectivity index (χ2n) is 5.13. The lowest BCUT2D eigenvalue weighted by Gasteiger charge is -2.35. The van der Waals surface area contributed by atoms with Gasteiger partial charge in [0.05, 0.1) is 11.6 Å². The Morgan fingerprint density at radius 2 is 2.11 bits per heavy atom. The van der Waals surface area contributed by atoms with Gasteiger partial charge in [0.25, 0.3) is 0 Å². The van der Waals surface area contributed by atoms with Gasteiger partial charge in [-0.3, -0.25) is 0 Å². The van der Waals surface area contributed by atoms with Crippen molar-refractivity contribution in [2.75, 3.05) is 20.2 Å². The topological polar surface area (TPSA) is 56.5 Å². The smallest absolute Gasteiger partial charge is 0.119 e. The van der Waals surface area contributed by atoms with Gasteiger partial charge in [0.1, 0.15) is 18.5 Å². The van der Waals surface area contributed by atoms with Crippen LogP contribution >= 0.6 is 0 Å². The lowest BCUT2D eigenvalue weighted by Crippen LogP contribution is -2.42. The number of hydrogen-bond acceptors (Lipinski definition) is 4. The van der Waals surface area contributed by atoms with E-state index in [1.807, 2.05) is 0 Å². The first-order valence-electron chi connectivity index (χ1n) is 6.70. The summed E-state index contributed by atoms with van der Waals surface area (Å²) in [5.41, 5.74) is 0.609. The van der Waals surface area contributed by atoms with E-state index in [-0.39, 0.29) is 6.61 Å². The van der Waals surface area contributed by atoms with Crippen LogP contribution in [0.3, 0.4) is 0 Å². The fourth-order valence-corrected chi connectivity index (χ4v) is 2.18. The van der Waals surface area contributed by atoms with Crippen LogP contribution in [0.25, 0.3) is 0 Å². The van der Waals surface area contributed by atoms with Gasteiger partial charge in [-0.1, -0.05) is 6.42 Å². The van der Waals surface area contributed by atoms with Crippen molar-refractivity contribution >= 4 is 0 Å². The van der Waals surface area contributed by atoms with E-state index in [0.717, 1.165) is 0 Å². The standard InChI is InChI=1S/C15H20N2O2/c1-17(13-3-2-4-13)10-14(18)11-19-15-7-5-12(9-16)6-8-15/h5-8,13-14,18H,2-4,10-11H2,1H3. The fourth-order valence-electron chi connectivity index (χ4n) is 2.18. The Balaban J connectivity index is 1.73. The van der Waals surface area contributed by atoms with Gasteiger partial charge in [-0.05, 0) is 44.2 Å². The number of aliphatic hydroxyl groups excluding tert-OH is 1. The molecule has 1 saturated carbocycles. The summed E-state index contributed by atoms with van der Waals surface area (Å²) in [5, 5.41) is 18.6. The largest absolute Gasteiger partial charge is 0.491 e. The molecule has 0 heterocycles. The summed E-state index contributed by atoms with van der Waals surface area (Å²) in [6, 6.07) is 9.61. The zero-order valence-corrected chi connectivity index (χ0v) is 11.2. The minimum atomic E-state index is -0.485. The number of benzene rings is 1. The van der Waals surface area contributed by atoms with Gasteiger partial charge in [-0.2, -0.15) is 5.26 Å². The van der Waals surface area contributed by atoms with Crippen molar-refractivity contribution in [1.29, 1.82) is 5.26 Å². The maximum Gasteiger partial charge on any atom is 0.119 e. The third-order valence-corrected chi connectivity index (χ3v) is 3.62. The van der Waals surface area contributed by atoms with Crippen LogP contribution in [-0.2, 0) is 0 Å². The van der Waals surface area contributed by atoms with Gasteiger partial charge in [-0.15, -0.1) is 0 Å². The average Bonchev–Trinajstić information content (AvgIpc) is 2.34. The molecule has 1 aliphatic rings. The van der Waals surface area contributed by atoms with Gasteiger partial charge in [0, 0.05) is 12.6 Å². The summed E-state index contributed by atoms with van der Waals surface area (Å²) in [4.78, 5) is 2.20. The Kier molecular flexibility index (Phi) is 4.78. The van der Waals surface area contributed by atoms with Gasteiger partial charge in [0.2, 0.25) is 0 Å². The lowest BCUT2D eigenvalue weighted by atomic mass is 9.92. The molecule has 1 atom stereocenters. The fraction of sp³-hybridized carbons (Fsp3) is 0.533. The summed E-state index contributed by atoms with van der Waals surface area (Å²) < 4.78 is 5.51. The SMILES string of the molecule is CN(CC(O)COc1ccc(C#N)cc1)C1CCC1. The molecule has 0 aliphatic heterocycles. The summed E-state index contributed by atoms with van der Waals surface area (Å²) in [6.45, 7) is 0.921. The van der Waals surface area contributed by atoms with E-state index in [1.165, 1.54) is 19.3 Å². The molecule has 1 aromatic rings. The predicted octanol–water partition coefficient (Wildman–Crippen LogP) is 1.78. The first kappa shape index (κ1) is 13.9. The molecule has 19 heavy (non-hydrogen) atoms. The lowest BCUT2D eigenvalue weighted by molar-refractivity contribution is 0.0476. The van der Waals surface area contributed by atoms with Gasteiger partial charge in [0.15, 0.2) is 0 Å². The monoisotopic (exact) mass is 260 g/mol. The molecular formula is C15H20N2O2. The Hall–Kier alpha value is -1.57. The zero-order chi connectivity index (χ0) is 13.7. The molecule has 0 spiro atoms. The highest BCUT2D eigenvalue weighted by atomic mass is 16.5. The van der Waals surface area contributed by atoms with E-state index in [4.69, 9.17) is 10.00 Å². The molecule has 1 aliphatic carbocycles. The van der Waals surface area contributed by atoms with Gasteiger partial charge >= 0.3 is 0 Å². The minimum absolute atomic E-state index is 0.281. The Bertz CT molecular complexity index is 434. The quantitative estimate of drug-likeness (QED) is 0.847. The number of ether oxygens (including phenoxy) is 1. The first-order chi connectivity index (χ1) is 9.19. The second-order valence-corrected chi connectivity index (χ2v) is 5.13. The number of nitriles is 1. The second kappa shape index (κ2) is 6.55. The minimum Gasteiger partial charge on any atom is -0.491 e. The normalized spacial score (nSPS) is 16.7. The van der Waals surface area contributed by atoms with Crippen LogP contribution in [-0.4, -0.2) is 42.4 Å². The predicted molar refractivity (Wildman–Crippen MR) is 72.9 cm³/mol. The van der Waals surface area contributed by atoms with Crippen molar-refractivity contribution in [2.45, 2.75) is 31.4 Å². The molecule has 0 bridgehead atoms. The van der Waals surface area contributed by atoms with Crippen molar-refractivity contribution in [2.24, 2.45) is 0 Å². The van der Waals surface area contributed by atoms with Crippen molar-refractivity contribution in [3.8, 4) is 11.8 Å². The van der Waals surface area contributed by atoms with Crippen LogP contribution in [0.4, 0.5) is 0 Å². The Morgan fingerprint density at radius 1 is 1.42 bits per heavy atom. The number of aliphatic hydroxyl groups is 1. The molecule has 1 N–H and O–H groups in total. The van der Waals surface area contributed by atoms with Crippen LogP contribution in [0.2, 0.25) is 0 Å². The van der Waals surface area contributed by atoms with Gasteiger partial charge in [-0.25, -0.2) is 0 Å². The zero-order valence-electron chi connectivity index (χ0n) is 11.2. The maximum absolute atomic E-state index is 9.93. The van der Waals surface area contributed by atoms with E-state index >= 15 is 0 Å². The van der Waals surface area contributed by atoms with Crippen LogP contribution in [0.5, 0.6) is 5.75 Å². The molecule has 0 saturated heterocycles. The summed E-state index contributed by atoms with van der Waals surface area (Å²) in [6.07, 6.45) is 3.29. The summed E-state index contributed by atoms with van der Waals surface area (Å²) in [5.74, 6) is 0.685.